The second-order valence-electron chi connectivity index (χ2n) is 5.68. The van der Waals surface area contributed by atoms with Crippen molar-refractivity contribution in [1.82, 2.24) is 10.7 Å². The first-order valence-electron chi connectivity index (χ1n) is 8.18. The molecule has 0 aliphatic carbocycles. The third kappa shape index (κ3) is 4.38. The smallest absolute Gasteiger partial charge is 0.265 e. The molecule has 1 unspecified atom stereocenters. The number of nitrogens with zero attached hydrogens (tertiary/aromatic N) is 1. The largest absolute Gasteiger partial charge is 0.485 e. The van der Waals surface area contributed by atoms with E-state index in [-0.39, 0.29) is 13.2 Å². The first-order chi connectivity index (χ1) is 12.6. The van der Waals surface area contributed by atoms with Gasteiger partial charge in [-0.05, 0) is 24.6 Å². The van der Waals surface area contributed by atoms with Crippen LogP contribution >= 0.6 is 0 Å². The standard InChI is InChI=1S/C19H19N3O4/c1-13(14-7-3-2-4-8-14)21-22-18(23)11-20-19(24)17-12-25-15-9-5-6-10-16(15)26-17/h2-10,17H,11-12H2,1H3,(H,20,24)(H,22,23). The van der Waals surface area contributed by atoms with Crippen LogP contribution in [0.3, 0.4) is 0 Å². The molecule has 26 heavy (non-hydrogen) atoms. The molecule has 0 saturated heterocycles. The summed E-state index contributed by atoms with van der Waals surface area (Å²) in [4.78, 5) is 24.0. The third-order valence-corrected chi connectivity index (χ3v) is 3.76. The maximum absolute atomic E-state index is 12.1. The fourth-order valence-corrected chi connectivity index (χ4v) is 2.36. The Hall–Kier alpha value is -3.35. The first kappa shape index (κ1) is 17.5. The zero-order valence-electron chi connectivity index (χ0n) is 14.3. The number of rotatable bonds is 5. The van der Waals surface area contributed by atoms with Crippen LogP contribution in [0.2, 0.25) is 0 Å². The fraction of sp³-hybridized carbons (Fsp3) is 0.211. The molecule has 0 saturated carbocycles. The van der Waals surface area contributed by atoms with Crippen LogP contribution in [0.5, 0.6) is 11.5 Å². The Morgan fingerprint density at radius 1 is 1.08 bits per heavy atom. The molecule has 2 aromatic carbocycles. The lowest BCUT2D eigenvalue weighted by Crippen LogP contribution is -2.46. The van der Waals surface area contributed by atoms with E-state index in [1.807, 2.05) is 36.4 Å². The highest BCUT2D eigenvalue weighted by Gasteiger charge is 2.27. The molecule has 2 amide bonds. The molecule has 2 N–H and O–H groups in total. The number of amides is 2. The predicted molar refractivity (Wildman–Crippen MR) is 96.2 cm³/mol. The summed E-state index contributed by atoms with van der Waals surface area (Å²) in [5.74, 6) is 0.260. The van der Waals surface area contributed by atoms with Gasteiger partial charge in [-0.2, -0.15) is 5.10 Å². The molecule has 7 heteroatoms. The molecule has 0 radical (unpaired) electrons. The molecule has 1 aliphatic rings. The van der Waals surface area contributed by atoms with Gasteiger partial charge in [-0.3, -0.25) is 9.59 Å². The summed E-state index contributed by atoms with van der Waals surface area (Å²) in [5, 5.41) is 6.55. The van der Waals surface area contributed by atoms with Crippen LogP contribution in [-0.2, 0) is 9.59 Å². The highest BCUT2D eigenvalue weighted by molar-refractivity contribution is 5.99. The SMILES string of the molecule is CC(=NNC(=O)CNC(=O)C1COc2ccccc2O1)c1ccccc1. The quantitative estimate of drug-likeness (QED) is 0.629. The van der Waals surface area contributed by atoms with Gasteiger partial charge >= 0.3 is 0 Å². The maximum atomic E-state index is 12.1. The van der Waals surface area contributed by atoms with Crippen LogP contribution in [0.1, 0.15) is 12.5 Å². The number of carbonyl (C=O) groups is 2. The van der Waals surface area contributed by atoms with E-state index in [2.05, 4.69) is 15.8 Å². The van der Waals surface area contributed by atoms with Crippen molar-refractivity contribution in [3.63, 3.8) is 0 Å². The maximum Gasteiger partial charge on any atom is 0.265 e. The minimum Gasteiger partial charge on any atom is -0.485 e. The lowest BCUT2D eigenvalue weighted by molar-refractivity contribution is -0.132. The van der Waals surface area contributed by atoms with Crippen LogP contribution < -0.4 is 20.2 Å². The summed E-state index contributed by atoms with van der Waals surface area (Å²) in [6.45, 7) is 1.68. The summed E-state index contributed by atoms with van der Waals surface area (Å²) in [5.41, 5.74) is 4.00. The summed E-state index contributed by atoms with van der Waals surface area (Å²) >= 11 is 0. The van der Waals surface area contributed by atoms with Crippen molar-refractivity contribution in [2.45, 2.75) is 13.0 Å². The number of hydrogen-bond donors (Lipinski definition) is 2. The van der Waals surface area contributed by atoms with Gasteiger partial charge in [0, 0.05) is 0 Å². The highest BCUT2D eigenvalue weighted by Crippen LogP contribution is 2.30. The topological polar surface area (TPSA) is 89.0 Å². The Morgan fingerprint density at radius 3 is 2.54 bits per heavy atom. The molecule has 2 aromatic rings. The van der Waals surface area contributed by atoms with E-state index in [1.165, 1.54) is 0 Å². The summed E-state index contributed by atoms with van der Waals surface area (Å²) < 4.78 is 11.1. The molecule has 1 atom stereocenters. The molecule has 0 fully saturated rings. The summed E-state index contributed by atoms with van der Waals surface area (Å²) in [6, 6.07) is 16.6. The summed E-state index contributed by atoms with van der Waals surface area (Å²) in [7, 11) is 0. The van der Waals surface area contributed by atoms with Crippen molar-refractivity contribution in [1.29, 1.82) is 0 Å². The number of benzene rings is 2. The Bertz CT molecular complexity index is 821. The van der Waals surface area contributed by atoms with Crippen molar-refractivity contribution in [3.8, 4) is 11.5 Å². The van der Waals surface area contributed by atoms with E-state index in [9.17, 15) is 9.59 Å². The minimum absolute atomic E-state index is 0.0930. The molecule has 0 aromatic heterocycles. The van der Waals surface area contributed by atoms with Crippen LogP contribution in [0.15, 0.2) is 59.7 Å². The molecule has 1 heterocycles. The van der Waals surface area contributed by atoms with Gasteiger partial charge in [-0.1, -0.05) is 42.5 Å². The Morgan fingerprint density at radius 2 is 1.77 bits per heavy atom. The van der Waals surface area contributed by atoms with Gasteiger partial charge < -0.3 is 14.8 Å². The van der Waals surface area contributed by atoms with E-state index >= 15 is 0 Å². The van der Waals surface area contributed by atoms with Gasteiger partial charge in [-0.15, -0.1) is 0 Å². The predicted octanol–water partition coefficient (Wildman–Crippen LogP) is 1.48. The molecular formula is C19H19N3O4. The van der Waals surface area contributed by atoms with Crippen LogP contribution in [0.4, 0.5) is 0 Å². The van der Waals surface area contributed by atoms with Gasteiger partial charge in [0.2, 0.25) is 6.10 Å². The number of carbonyl (C=O) groups excluding carboxylic acids is 2. The molecule has 0 bridgehead atoms. The van der Waals surface area contributed by atoms with Gasteiger partial charge in [0.15, 0.2) is 11.5 Å². The van der Waals surface area contributed by atoms with Crippen LogP contribution in [-0.4, -0.2) is 36.8 Å². The molecule has 0 spiro atoms. The second-order valence-corrected chi connectivity index (χ2v) is 5.68. The van der Waals surface area contributed by atoms with Gasteiger partial charge in [-0.25, -0.2) is 5.43 Å². The van der Waals surface area contributed by atoms with E-state index in [1.54, 1.807) is 25.1 Å². The van der Waals surface area contributed by atoms with Gasteiger partial charge in [0.25, 0.3) is 11.8 Å². The van der Waals surface area contributed by atoms with E-state index < -0.39 is 17.9 Å². The van der Waals surface area contributed by atoms with Crippen molar-refractivity contribution >= 4 is 17.5 Å². The first-order valence-corrected chi connectivity index (χ1v) is 8.18. The van der Waals surface area contributed by atoms with E-state index in [4.69, 9.17) is 9.47 Å². The summed E-state index contributed by atoms with van der Waals surface area (Å²) in [6.07, 6.45) is -0.799. The van der Waals surface area contributed by atoms with Gasteiger partial charge in [0.1, 0.15) is 6.61 Å². The zero-order valence-corrected chi connectivity index (χ0v) is 14.3. The Balaban J connectivity index is 1.47. The van der Waals surface area contributed by atoms with Gasteiger partial charge in [0.05, 0.1) is 12.3 Å². The van der Waals surface area contributed by atoms with E-state index in [0.29, 0.717) is 17.2 Å². The molecule has 134 valence electrons. The zero-order chi connectivity index (χ0) is 18.4. The lowest BCUT2D eigenvalue weighted by Gasteiger charge is -2.25. The molecule has 3 rings (SSSR count). The average molecular weight is 353 g/mol. The molecule has 1 aliphatic heterocycles. The number of nitrogens with one attached hydrogen (secondary N) is 2. The van der Waals surface area contributed by atoms with Crippen molar-refractivity contribution in [2.75, 3.05) is 13.2 Å². The van der Waals surface area contributed by atoms with Crippen LogP contribution in [0, 0.1) is 0 Å². The fourth-order valence-electron chi connectivity index (χ4n) is 2.36. The van der Waals surface area contributed by atoms with Crippen molar-refractivity contribution in [3.05, 3.63) is 60.2 Å². The number of hydrogen-bond acceptors (Lipinski definition) is 5. The van der Waals surface area contributed by atoms with E-state index in [0.717, 1.165) is 5.56 Å². The van der Waals surface area contributed by atoms with Crippen molar-refractivity contribution in [2.24, 2.45) is 5.10 Å². The second kappa shape index (κ2) is 8.15. The third-order valence-electron chi connectivity index (χ3n) is 3.76. The minimum atomic E-state index is -0.799. The number of hydrazone groups is 1. The monoisotopic (exact) mass is 353 g/mol. The Labute approximate surface area is 151 Å². The molecule has 7 nitrogen and oxygen atoms in total. The molecular weight excluding hydrogens is 334 g/mol. The van der Waals surface area contributed by atoms with Crippen LogP contribution in [0.25, 0.3) is 0 Å². The van der Waals surface area contributed by atoms with Crippen molar-refractivity contribution < 1.29 is 19.1 Å². The number of ether oxygens (including phenoxy) is 2. The number of fused-ring (bicyclic) bond motifs is 1. The number of para-hydroxylation sites is 2. The normalized spacial score (nSPS) is 15.9. The average Bonchev–Trinajstić information content (AvgIpc) is 2.70. The lowest BCUT2D eigenvalue weighted by atomic mass is 10.1. The Kier molecular flexibility index (Phi) is 5.48. The highest BCUT2D eigenvalue weighted by atomic mass is 16.6.